The summed E-state index contributed by atoms with van der Waals surface area (Å²) < 4.78 is 23.6. The van der Waals surface area contributed by atoms with Crippen LogP contribution in [-0.4, -0.2) is 24.1 Å². The van der Waals surface area contributed by atoms with Gasteiger partial charge in [0, 0.05) is 18.0 Å². The van der Waals surface area contributed by atoms with E-state index in [1.165, 1.54) is 30.3 Å². The SMILES string of the molecule is NS(=O)(=O)c1cccc(-n2cc(C(=O)O)ccc2=O)c1. The van der Waals surface area contributed by atoms with Gasteiger partial charge in [0.1, 0.15) is 0 Å². The largest absolute Gasteiger partial charge is 0.478 e. The van der Waals surface area contributed by atoms with Crippen molar-refractivity contribution < 1.29 is 18.3 Å². The third kappa shape index (κ3) is 2.76. The molecule has 3 N–H and O–H groups in total. The lowest BCUT2D eigenvalue weighted by Gasteiger charge is -2.07. The summed E-state index contributed by atoms with van der Waals surface area (Å²) in [5, 5.41) is 13.9. The fourth-order valence-corrected chi connectivity index (χ4v) is 2.18. The number of benzene rings is 1. The van der Waals surface area contributed by atoms with Crippen LogP contribution in [0.3, 0.4) is 0 Å². The van der Waals surface area contributed by atoms with Crippen LogP contribution in [0.25, 0.3) is 5.69 Å². The highest BCUT2D eigenvalue weighted by atomic mass is 32.2. The van der Waals surface area contributed by atoms with Crippen LogP contribution in [0, 0.1) is 0 Å². The Balaban J connectivity index is 2.66. The van der Waals surface area contributed by atoms with E-state index >= 15 is 0 Å². The Morgan fingerprint density at radius 2 is 1.90 bits per heavy atom. The number of hydrogen-bond acceptors (Lipinski definition) is 4. The van der Waals surface area contributed by atoms with Gasteiger partial charge >= 0.3 is 5.97 Å². The third-order valence-corrected chi connectivity index (χ3v) is 3.49. The second kappa shape index (κ2) is 4.91. The van der Waals surface area contributed by atoms with Gasteiger partial charge < -0.3 is 5.11 Å². The van der Waals surface area contributed by atoms with Crippen LogP contribution in [0.4, 0.5) is 0 Å². The van der Waals surface area contributed by atoms with E-state index in [-0.39, 0.29) is 16.1 Å². The van der Waals surface area contributed by atoms with Crippen molar-refractivity contribution in [3.8, 4) is 5.69 Å². The quantitative estimate of drug-likeness (QED) is 0.837. The number of hydrogen-bond donors (Lipinski definition) is 2. The number of rotatable bonds is 3. The maximum Gasteiger partial charge on any atom is 0.337 e. The summed E-state index contributed by atoms with van der Waals surface area (Å²) in [7, 11) is -3.90. The zero-order chi connectivity index (χ0) is 14.9. The minimum atomic E-state index is -3.90. The van der Waals surface area contributed by atoms with Crippen LogP contribution in [0.1, 0.15) is 10.4 Å². The molecule has 0 bridgehead atoms. The lowest BCUT2D eigenvalue weighted by Crippen LogP contribution is -2.19. The van der Waals surface area contributed by atoms with E-state index in [0.29, 0.717) is 0 Å². The molecule has 0 aliphatic heterocycles. The highest BCUT2D eigenvalue weighted by Gasteiger charge is 2.11. The number of carboxylic acid groups (broad SMARTS) is 1. The summed E-state index contributed by atoms with van der Waals surface area (Å²) in [6, 6.07) is 7.63. The molecule has 0 atom stereocenters. The summed E-state index contributed by atoms with van der Waals surface area (Å²) in [4.78, 5) is 22.5. The molecule has 0 radical (unpaired) electrons. The first kappa shape index (κ1) is 14.0. The Hall–Kier alpha value is -2.45. The first-order chi connectivity index (χ1) is 9.29. The highest BCUT2D eigenvalue weighted by molar-refractivity contribution is 7.89. The predicted molar refractivity (Wildman–Crippen MR) is 70.4 cm³/mol. The fourth-order valence-electron chi connectivity index (χ4n) is 1.63. The van der Waals surface area contributed by atoms with E-state index < -0.39 is 21.6 Å². The average molecular weight is 294 g/mol. The minimum absolute atomic E-state index is 0.0920. The maximum atomic E-state index is 11.7. The van der Waals surface area contributed by atoms with E-state index in [4.69, 9.17) is 10.2 Å². The van der Waals surface area contributed by atoms with Crippen LogP contribution in [0.5, 0.6) is 0 Å². The Morgan fingerprint density at radius 3 is 2.50 bits per heavy atom. The number of nitrogens with two attached hydrogens (primary N) is 1. The number of sulfonamides is 1. The topological polar surface area (TPSA) is 119 Å². The molecule has 20 heavy (non-hydrogen) atoms. The van der Waals surface area contributed by atoms with Crippen LogP contribution in [0.2, 0.25) is 0 Å². The first-order valence-electron chi connectivity index (χ1n) is 5.38. The predicted octanol–water partition coefficient (Wildman–Crippen LogP) is 0.183. The molecule has 1 aromatic heterocycles. The monoisotopic (exact) mass is 294 g/mol. The lowest BCUT2D eigenvalue weighted by atomic mass is 10.2. The third-order valence-electron chi connectivity index (χ3n) is 2.58. The Kier molecular flexibility index (Phi) is 3.43. The number of pyridine rings is 1. The molecule has 2 rings (SSSR count). The molecule has 0 aliphatic carbocycles. The van der Waals surface area contributed by atoms with Gasteiger partial charge in [-0.15, -0.1) is 0 Å². The average Bonchev–Trinajstić information content (AvgIpc) is 2.38. The summed E-state index contributed by atoms with van der Waals surface area (Å²) in [5.74, 6) is -1.19. The molecule has 0 aliphatic rings. The number of aromatic nitrogens is 1. The van der Waals surface area contributed by atoms with Gasteiger partial charge in [-0.25, -0.2) is 18.4 Å². The van der Waals surface area contributed by atoms with Crippen LogP contribution < -0.4 is 10.7 Å². The van der Waals surface area contributed by atoms with Crippen LogP contribution >= 0.6 is 0 Å². The molecule has 1 heterocycles. The lowest BCUT2D eigenvalue weighted by molar-refractivity contribution is 0.0696. The molecule has 2 aromatic rings. The summed E-state index contributed by atoms with van der Waals surface area (Å²) in [6.07, 6.45) is 1.12. The molecule has 1 aromatic carbocycles. The van der Waals surface area contributed by atoms with Crippen molar-refractivity contribution >= 4 is 16.0 Å². The summed E-state index contributed by atoms with van der Waals surface area (Å²) >= 11 is 0. The molecule has 0 saturated carbocycles. The Bertz CT molecular complexity index is 839. The fraction of sp³-hybridized carbons (Fsp3) is 0. The van der Waals surface area contributed by atoms with Crippen LogP contribution in [-0.2, 0) is 10.0 Å². The van der Waals surface area contributed by atoms with Gasteiger partial charge in [0.25, 0.3) is 5.56 Å². The van der Waals surface area contributed by atoms with Gasteiger partial charge in [-0.2, -0.15) is 0 Å². The van der Waals surface area contributed by atoms with Crippen molar-refractivity contribution in [1.29, 1.82) is 0 Å². The normalized spacial score (nSPS) is 11.2. The zero-order valence-electron chi connectivity index (χ0n) is 10.1. The van der Waals surface area contributed by atoms with Crippen molar-refractivity contribution in [1.82, 2.24) is 4.57 Å². The van der Waals surface area contributed by atoms with Crippen LogP contribution in [0.15, 0.2) is 52.3 Å². The van der Waals surface area contributed by atoms with Crippen molar-refractivity contribution in [2.75, 3.05) is 0 Å². The van der Waals surface area contributed by atoms with E-state index in [2.05, 4.69) is 0 Å². The molecular formula is C12H10N2O5S. The smallest absolute Gasteiger partial charge is 0.337 e. The second-order valence-corrected chi connectivity index (χ2v) is 5.53. The number of carbonyl (C=O) groups is 1. The van der Waals surface area contributed by atoms with E-state index in [9.17, 15) is 18.0 Å². The van der Waals surface area contributed by atoms with Gasteiger partial charge in [0.2, 0.25) is 10.0 Å². The number of nitrogens with zero attached hydrogens (tertiary/aromatic N) is 1. The van der Waals surface area contributed by atoms with Gasteiger partial charge in [0.15, 0.2) is 0 Å². The number of aromatic carboxylic acids is 1. The summed E-state index contributed by atoms with van der Waals surface area (Å²) in [5.41, 5.74) is -0.364. The Labute approximate surface area is 114 Å². The molecule has 0 fully saturated rings. The van der Waals surface area contributed by atoms with Gasteiger partial charge in [-0.3, -0.25) is 9.36 Å². The van der Waals surface area contributed by atoms with E-state index in [1.807, 2.05) is 0 Å². The number of primary sulfonamides is 1. The first-order valence-corrected chi connectivity index (χ1v) is 6.93. The summed E-state index contributed by atoms with van der Waals surface area (Å²) in [6.45, 7) is 0. The zero-order valence-corrected chi connectivity index (χ0v) is 10.9. The molecular weight excluding hydrogens is 284 g/mol. The molecule has 0 amide bonds. The molecule has 0 spiro atoms. The minimum Gasteiger partial charge on any atom is -0.478 e. The van der Waals surface area contributed by atoms with Crippen molar-refractivity contribution in [3.63, 3.8) is 0 Å². The van der Waals surface area contributed by atoms with E-state index in [1.54, 1.807) is 0 Å². The van der Waals surface area contributed by atoms with E-state index in [0.717, 1.165) is 16.8 Å². The van der Waals surface area contributed by atoms with Gasteiger partial charge in [-0.05, 0) is 24.3 Å². The molecule has 0 saturated heterocycles. The Morgan fingerprint density at radius 1 is 1.20 bits per heavy atom. The van der Waals surface area contributed by atoms with Crippen molar-refractivity contribution in [3.05, 3.63) is 58.5 Å². The highest BCUT2D eigenvalue weighted by Crippen LogP contribution is 2.13. The molecule has 0 unspecified atom stereocenters. The second-order valence-electron chi connectivity index (χ2n) is 3.97. The molecule has 8 heteroatoms. The number of carboxylic acids is 1. The maximum absolute atomic E-state index is 11.7. The van der Waals surface area contributed by atoms with Gasteiger partial charge in [0.05, 0.1) is 10.5 Å². The van der Waals surface area contributed by atoms with Gasteiger partial charge in [-0.1, -0.05) is 6.07 Å². The molecule has 104 valence electrons. The molecule has 7 nitrogen and oxygen atoms in total. The van der Waals surface area contributed by atoms with Crippen molar-refractivity contribution in [2.45, 2.75) is 4.90 Å². The standard InChI is InChI=1S/C12H10N2O5S/c13-20(18,19)10-3-1-2-9(6-10)14-7-8(12(16)17)4-5-11(14)15/h1-7H,(H,16,17)(H2,13,18,19). The van der Waals surface area contributed by atoms with Crippen molar-refractivity contribution in [2.24, 2.45) is 5.14 Å².